The van der Waals surface area contributed by atoms with Crippen LogP contribution >= 0.6 is 11.6 Å². The van der Waals surface area contributed by atoms with Crippen LogP contribution in [0.5, 0.6) is 17.2 Å². The highest BCUT2D eigenvalue weighted by Crippen LogP contribution is 2.41. The zero-order valence-corrected chi connectivity index (χ0v) is 37.9. The van der Waals surface area contributed by atoms with Crippen LogP contribution in [0.3, 0.4) is 0 Å². The Kier molecular flexibility index (Phi) is 13.8. The predicted molar refractivity (Wildman–Crippen MR) is 243 cm³/mol. The van der Waals surface area contributed by atoms with Gasteiger partial charge in [-0.15, -0.1) is 0 Å². The van der Waals surface area contributed by atoms with Crippen LogP contribution in [-0.4, -0.2) is 119 Å². The van der Waals surface area contributed by atoms with Gasteiger partial charge < -0.3 is 39.5 Å². The van der Waals surface area contributed by atoms with Gasteiger partial charge in [0.25, 0.3) is 5.91 Å². The number of methoxy groups -OCH3 is 2. The van der Waals surface area contributed by atoms with Crippen molar-refractivity contribution in [3.05, 3.63) is 76.4 Å². The summed E-state index contributed by atoms with van der Waals surface area (Å²) in [6.07, 6.45) is 6.65. The van der Waals surface area contributed by atoms with Crippen LogP contribution in [0.2, 0.25) is 5.02 Å². The Morgan fingerprint density at radius 1 is 0.952 bits per heavy atom. The Balaban J connectivity index is 0.947. The fraction of sp³-hybridized carbons (Fsp3) is 0.432. The molecule has 17 nitrogen and oxygen atoms in total. The smallest absolute Gasteiger partial charge is 0.255 e. The van der Waals surface area contributed by atoms with Crippen LogP contribution in [0.4, 0.5) is 34.5 Å². The third kappa shape index (κ3) is 9.87. The number of sulfonamides is 1. The van der Waals surface area contributed by atoms with E-state index >= 15 is 0 Å². The molecule has 0 aliphatic carbocycles. The van der Waals surface area contributed by atoms with Gasteiger partial charge in [-0.1, -0.05) is 30.7 Å². The molecule has 0 radical (unpaired) electrons. The third-order valence-corrected chi connectivity index (χ3v) is 13.4. The zero-order chi connectivity index (χ0) is 45.0. The number of anilines is 6. The number of imide groups is 1. The molecule has 4 aromatic rings. The molecule has 3 N–H and O–H groups in total. The van der Waals surface area contributed by atoms with E-state index in [0.29, 0.717) is 58.9 Å². The predicted octanol–water partition coefficient (Wildman–Crippen LogP) is 5.72. The van der Waals surface area contributed by atoms with Gasteiger partial charge in [0.2, 0.25) is 27.8 Å². The molecule has 1 atom stereocenters. The van der Waals surface area contributed by atoms with Crippen molar-refractivity contribution in [3.8, 4) is 17.2 Å². The second-order valence-corrected chi connectivity index (χ2v) is 18.3. The van der Waals surface area contributed by atoms with E-state index in [1.165, 1.54) is 20.4 Å². The molecule has 3 aliphatic heterocycles. The number of fused-ring (bicyclic) bond motifs is 1. The fourth-order valence-corrected chi connectivity index (χ4v) is 9.08. The van der Waals surface area contributed by atoms with Gasteiger partial charge in [-0.25, -0.2) is 13.4 Å². The molecule has 0 spiro atoms. The number of carbonyl (C=O) groups is 3. The molecular weight excluding hydrogens is 850 g/mol. The van der Waals surface area contributed by atoms with Crippen molar-refractivity contribution in [1.82, 2.24) is 25.1 Å². The number of halogens is 1. The number of hydrogen-bond acceptors (Lipinski definition) is 14. The lowest BCUT2D eigenvalue weighted by Crippen LogP contribution is -2.52. The van der Waals surface area contributed by atoms with E-state index < -0.39 is 22.0 Å². The van der Waals surface area contributed by atoms with Gasteiger partial charge in [-0.3, -0.25) is 24.0 Å². The van der Waals surface area contributed by atoms with Crippen LogP contribution in [-0.2, 0) is 32.6 Å². The summed E-state index contributed by atoms with van der Waals surface area (Å²) in [6, 6.07) is 14.4. The lowest BCUT2D eigenvalue weighted by atomic mass is 10.00. The van der Waals surface area contributed by atoms with Crippen LogP contribution in [0.1, 0.15) is 60.5 Å². The van der Waals surface area contributed by atoms with E-state index in [4.69, 9.17) is 25.8 Å². The molecule has 63 heavy (non-hydrogen) atoms. The van der Waals surface area contributed by atoms with Crippen LogP contribution < -0.4 is 39.4 Å². The standard InChI is InChI=1S/C44H54ClN9O8S/c1-7-27-23-33(48-44-46-25-31(45)41(50-44)47-32-12-9-14-37(60-4)40(32)52(3)63(6,58)59)38(61-5)24-35(27)53-20-17-28(18-21-53)51(2)19-10-22-62-36-13-8-11-29-30(36)26-54(43(29)57)34-15-16-39(55)49-42(34)56/h8-9,11-14,23-25,28,34H,7,10,15-22,26H2,1-6H3,(H,49,55,56)(H2,46,47,48,50). The highest BCUT2D eigenvalue weighted by molar-refractivity contribution is 7.92. The molecule has 2 saturated heterocycles. The maximum Gasteiger partial charge on any atom is 0.255 e. The number of aromatic nitrogens is 2. The van der Waals surface area contributed by atoms with Crippen molar-refractivity contribution >= 4 is 73.9 Å². The molecule has 3 amide bonds. The normalized spacial score (nSPS) is 16.8. The molecule has 0 bridgehead atoms. The molecule has 3 aliphatic rings. The topological polar surface area (TPSA) is 188 Å². The Labute approximate surface area is 373 Å². The van der Waals surface area contributed by atoms with E-state index in [0.717, 1.165) is 72.7 Å². The second kappa shape index (κ2) is 19.3. The van der Waals surface area contributed by atoms with E-state index in [9.17, 15) is 22.8 Å². The maximum absolute atomic E-state index is 13.2. The van der Waals surface area contributed by atoms with Crippen molar-refractivity contribution in [2.75, 3.05) is 80.7 Å². The minimum absolute atomic E-state index is 0.210. The molecule has 2 fully saturated rings. The highest BCUT2D eigenvalue weighted by atomic mass is 35.5. The number of amides is 3. The monoisotopic (exact) mass is 903 g/mol. The molecular formula is C44H54ClN9O8S. The number of carbonyl (C=O) groups excluding carboxylic acids is 3. The first-order valence-corrected chi connectivity index (χ1v) is 23.2. The molecule has 0 saturated carbocycles. The van der Waals surface area contributed by atoms with Crippen LogP contribution in [0.15, 0.2) is 54.7 Å². The number of nitrogens with zero attached hydrogens (tertiary/aromatic N) is 6. The van der Waals surface area contributed by atoms with Gasteiger partial charge in [0.15, 0.2) is 5.82 Å². The number of benzene rings is 3. The largest absolute Gasteiger partial charge is 0.494 e. The Hall–Kier alpha value is -5.85. The van der Waals surface area contributed by atoms with Gasteiger partial charge in [0, 0.05) is 62.0 Å². The number of aryl methyl sites for hydroxylation is 1. The van der Waals surface area contributed by atoms with E-state index in [1.54, 1.807) is 42.3 Å². The quantitative estimate of drug-likeness (QED) is 0.0862. The minimum Gasteiger partial charge on any atom is -0.494 e. The average Bonchev–Trinajstić information content (AvgIpc) is 3.61. The first-order chi connectivity index (χ1) is 30.2. The highest BCUT2D eigenvalue weighted by Gasteiger charge is 2.40. The SMILES string of the molecule is CCc1cc(Nc2ncc(Cl)c(Nc3cccc(OC)c3N(C)S(C)(=O)=O)n2)c(OC)cc1N1CCC(N(C)CCCOc2cccc3c2CN(C2CCC(=O)NC2=O)C3=O)CC1. The van der Waals surface area contributed by atoms with Crippen molar-refractivity contribution in [3.63, 3.8) is 0 Å². The number of nitrogens with one attached hydrogen (secondary N) is 3. The van der Waals surface area contributed by atoms with E-state index in [1.807, 2.05) is 6.07 Å². The maximum atomic E-state index is 13.2. The number of rotatable bonds is 17. The molecule has 3 aromatic carbocycles. The molecule has 7 rings (SSSR count). The lowest BCUT2D eigenvalue weighted by molar-refractivity contribution is -0.136. The first kappa shape index (κ1) is 45.2. The number of ether oxygens (including phenoxy) is 3. The molecule has 4 heterocycles. The van der Waals surface area contributed by atoms with Gasteiger partial charge in [0.05, 0.1) is 51.2 Å². The summed E-state index contributed by atoms with van der Waals surface area (Å²) in [5.41, 5.74) is 4.96. The van der Waals surface area contributed by atoms with Gasteiger partial charge in [-0.05, 0) is 75.0 Å². The summed E-state index contributed by atoms with van der Waals surface area (Å²) in [6.45, 7) is 5.47. The summed E-state index contributed by atoms with van der Waals surface area (Å²) < 4.78 is 43.7. The number of piperidine rings is 2. The van der Waals surface area contributed by atoms with Crippen molar-refractivity contribution < 1.29 is 37.0 Å². The number of para-hydroxylation sites is 1. The average molecular weight is 904 g/mol. The summed E-state index contributed by atoms with van der Waals surface area (Å²) in [4.78, 5) is 52.8. The van der Waals surface area contributed by atoms with Gasteiger partial charge in [0.1, 0.15) is 34.0 Å². The van der Waals surface area contributed by atoms with Crippen molar-refractivity contribution in [1.29, 1.82) is 0 Å². The summed E-state index contributed by atoms with van der Waals surface area (Å²) >= 11 is 6.55. The Bertz CT molecular complexity index is 2480. The summed E-state index contributed by atoms with van der Waals surface area (Å²) in [5.74, 6) is 1.18. The third-order valence-electron chi connectivity index (χ3n) is 11.9. The number of hydrogen-bond donors (Lipinski definition) is 3. The first-order valence-electron chi connectivity index (χ1n) is 20.9. The van der Waals surface area contributed by atoms with Gasteiger partial charge >= 0.3 is 0 Å². The van der Waals surface area contributed by atoms with Crippen molar-refractivity contribution in [2.45, 2.75) is 64.1 Å². The van der Waals surface area contributed by atoms with E-state index in [-0.39, 0.29) is 41.6 Å². The summed E-state index contributed by atoms with van der Waals surface area (Å²) in [5, 5.41) is 9.05. The second-order valence-electron chi connectivity index (χ2n) is 15.8. The molecule has 1 unspecified atom stereocenters. The van der Waals surface area contributed by atoms with Gasteiger partial charge in [-0.2, -0.15) is 4.98 Å². The Morgan fingerprint density at radius 3 is 2.38 bits per heavy atom. The van der Waals surface area contributed by atoms with Crippen LogP contribution in [0, 0.1) is 0 Å². The van der Waals surface area contributed by atoms with Crippen LogP contribution in [0.25, 0.3) is 0 Å². The fourth-order valence-electron chi connectivity index (χ4n) is 8.42. The molecule has 336 valence electrons. The lowest BCUT2D eigenvalue weighted by Gasteiger charge is -2.39. The summed E-state index contributed by atoms with van der Waals surface area (Å²) in [7, 11) is 3.07. The molecule has 1 aromatic heterocycles. The minimum atomic E-state index is -3.63. The van der Waals surface area contributed by atoms with Crippen molar-refractivity contribution in [2.24, 2.45) is 0 Å². The molecule has 19 heteroatoms. The van der Waals surface area contributed by atoms with E-state index in [2.05, 4.69) is 61.8 Å². The Morgan fingerprint density at radius 2 is 1.68 bits per heavy atom. The zero-order valence-electron chi connectivity index (χ0n) is 36.4.